The summed E-state index contributed by atoms with van der Waals surface area (Å²) in [5, 5.41) is 0. The lowest BCUT2D eigenvalue weighted by Crippen LogP contribution is -2.02. The minimum Gasteiger partial charge on any atom is -0.340 e. The lowest BCUT2D eigenvalue weighted by molar-refractivity contribution is 0.708. The van der Waals surface area contributed by atoms with Crippen molar-refractivity contribution in [2.45, 2.75) is 46.0 Å². The lowest BCUT2D eigenvalue weighted by atomic mass is 10.1. The number of nitrogens with one attached hydrogen (secondary N) is 1. The molecule has 0 spiro atoms. The van der Waals surface area contributed by atoms with Crippen LogP contribution in [0.25, 0.3) is 11.5 Å². The highest BCUT2D eigenvalue weighted by molar-refractivity contribution is 5.50. The van der Waals surface area contributed by atoms with E-state index < -0.39 is 0 Å². The number of hydrogen-bond donors (Lipinski definition) is 1. The number of H-pyrrole nitrogens is 1. The summed E-state index contributed by atoms with van der Waals surface area (Å²) in [5.41, 5.74) is 2.24. The van der Waals surface area contributed by atoms with Gasteiger partial charge in [0.1, 0.15) is 11.5 Å². The predicted octanol–water partition coefficient (Wildman–Crippen LogP) is 3.45. The number of rotatable bonds is 4. The molecule has 0 amide bonds. The molecule has 0 aliphatic heterocycles. The Kier molecular flexibility index (Phi) is 3.55. The van der Waals surface area contributed by atoms with E-state index in [1.165, 1.54) is 5.69 Å². The maximum absolute atomic E-state index is 4.47. The van der Waals surface area contributed by atoms with E-state index in [1.54, 1.807) is 0 Å². The second kappa shape index (κ2) is 4.96. The van der Waals surface area contributed by atoms with Crippen molar-refractivity contribution < 1.29 is 0 Å². The largest absolute Gasteiger partial charge is 0.340 e. The van der Waals surface area contributed by atoms with Gasteiger partial charge in [-0.15, -0.1) is 0 Å². The van der Waals surface area contributed by atoms with Gasteiger partial charge in [0, 0.05) is 24.9 Å². The van der Waals surface area contributed by atoms with Crippen molar-refractivity contribution in [3.05, 3.63) is 23.9 Å². The highest BCUT2D eigenvalue weighted by Crippen LogP contribution is 2.23. The van der Waals surface area contributed by atoms with Crippen molar-refractivity contribution >= 4 is 0 Å². The maximum atomic E-state index is 4.47. The molecular weight excluding hydrogens is 224 g/mol. The van der Waals surface area contributed by atoms with E-state index in [1.807, 2.05) is 19.4 Å². The van der Waals surface area contributed by atoms with Gasteiger partial charge in [-0.25, -0.2) is 9.97 Å². The lowest BCUT2D eigenvalue weighted by Gasteiger charge is -2.07. The first kappa shape index (κ1) is 12.9. The van der Waals surface area contributed by atoms with Gasteiger partial charge in [0.2, 0.25) is 0 Å². The van der Waals surface area contributed by atoms with E-state index in [2.05, 4.69) is 47.2 Å². The van der Waals surface area contributed by atoms with Gasteiger partial charge in [-0.05, 0) is 12.3 Å². The minimum absolute atomic E-state index is 0.424. The predicted molar refractivity (Wildman–Crippen MR) is 73.6 cm³/mol. The van der Waals surface area contributed by atoms with Crippen LogP contribution in [-0.2, 0) is 7.05 Å². The molecule has 2 aromatic heterocycles. The summed E-state index contributed by atoms with van der Waals surface area (Å²) >= 11 is 0. The van der Waals surface area contributed by atoms with Gasteiger partial charge in [0.15, 0.2) is 5.82 Å². The molecule has 0 fully saturated rings. The van der Waals surface area contributed by atoms with Crippen LogP contribution in [0.5, 0.6) is 0 Å². The zero-order valence-electron chi connectivity index (χ0n) is 11.9. The summed E-state index contributed by atoms with van der Waals surface area (Å²) in [5.74, 6) is 2.94. The smallest absolute Gasteiger partial charge is 0.155 e. The maximum Gasteiger partial charge on any atom is 0.155 e. The van der Waals surface area contributed by atoms with E-state index >= 15 is 0 Å². The van der Waals surface area contributed by atoms with Crippen LogP contribution in [0.1, 0.15) is 57.5 Å². The third-order valence-corrected chi connectivity index (χ3v) is 3.52. The van der Waals surface area contributed by atoms with Crippen LogP contribution in [-0.4, -0.2) is 19.5 Å². The Bertz CT molecular complexity index is 522. The average Bonchev–Trinajstić information content (AvgIpc) is 2.94. The topological polar surface area (TPSA) is 46.5 Å². The molecule has 0 saturated heterocycles. The first-order valence-electron chi connectivity index (χ1n) is 6.61. The van der Waals surface area contributed by atoms with Crippen LogP contribution in [0.15, 0.2) is 12.4 Å². The Hall–Kier alpha value is -1.58. The summed E-state index contributed by atoms with van der Waals surface area (Å²) in [7, 11) is 2.04. The molecule has 4 heteroatoms. The first-order chi connectivity index (χ1) is 8.54. The number of aromatic amines is 1. The van der Waals surface area contributed by atoms with Crippen molar-refractivity contribution in [1.82, 2.24) is 19.5 Å². The molecule has 2 aromatic rings. The highest BCUT2D eigenvalue weighted by atomic mass is 15.1. The van der Waals surface area contributed by atoms with Gasteiger partial charge < -0.3 is 9.55 Å². The number of hydrogen-bond acceptors (Lipinski definition) is 2. The highest BCUT2D eigenvalue weighted by Gasteiger charge is 2.14. The van der Waals surface area contributed by atoms with Crippen molar-refractivity contribution in [3.63, 3.8) is 0 Å². The normalized spacial score (nSPS) is 13.2. The van der Waals surface area contributed by atoms with E-state index in [-0.39, 0.29) is 0 Å². The molecule has 2 heterocycles. The van der Waals surface area contributed by atoms with Crippen LogP contribution in [0.3, 0.4) is 0 Å². The van der Waals surface area contributed by atoms with E-state index in [9.17, 15) is 0 Å². The zero-order valence-corrected chi connectivity index (χ0v) is 11.9. The second-order valence-electron chi connectivity index (χ2n) is 5.21. The van der Waals surface area contributed by atoms with Crippen LogP contribution in [0.2, 0.25) is 0 Å². The van der Waals surface area contributed by atoms with Crippen LogP contribution < -0.4 is 0 Å². The second-order valence-corrected chi connectivity index (χ2v) is 5.21. The molecule has 18 heavy (non-hydrogen) atoms. The molecule has 2 rings (SSSR count). The van der Waals surface area contributed by atoms with Crippen molar-refractivity contribution in [2.75, 3.05) is 0 Å². The van der Waals surface area contributed by atoms with Crippen LogP contribution in [0.4, 0.5) is 0 Å². The summed E-state index contributed by atoms with van der Waals surface area (Å²) in [6, 6.07) is 0. The average molecular weight is 246 g/mol. The summed E-state index contributed by atoms with van der Waals surface area (Å²) < 4.78 is 2.11. The SMILES string of the molecule is CCC(C)c1cnc(-c2cnc(C(C)C)n2C)[nH]1. The molecule has 4 nitrogen and oxygen atoms in total. The molecule has 0 aliphatic carbocycles. The molecule has 1 unspecified atom stereocenters. The van der Waals surface area contributed by atoms with E-state index in [4.69, 9.17) is 0 Å². The molecular formula is C14H22N4. The Morgan fingerprint density at radius 3 is 2.50 bits per heavy atom. The Morgan fingerprint density at radius 1 is 1.22 bits per heavy atom. The molecule has 0 aromatic carbocycles. The molecule has 0 saturated carbocycles. The fraction of sp³-hybridized carbons (Fsp3) is 0.571. The quantitative estimate of drug-likeness (QED) is 0.898. The zero-order chi connectivity index (χ0) is 13.3. The third kappa shape index (κ3) is 2.19. The van der Waals surface area contributed by atoms with Gasteiger partial charge in [-0.1, -0.05) is 27.7 Å². The third-order valence-electron chi connectivity index (χ3n) is 3.52. The molecule has 98 valence electrons. The van der Waals surface area contributed by atoms with Gasteiger partial charge in [-0.2, -0.15) is 0 Å². The molecule has 1 N–H and O–H groups in total. The Morgan fingerprint density at radius 2 is 1.94 bits per heavy atom. The molecule has 0 radical (unpaired) electrons. The van der Waals surface area contributed by atoms with Gasteiger partial charge >= 0.3 is 0 Å². The van der Waals surface area contributed by atoms with Gasteiger partial charge in [0.05, 0.1) is 6.20 Å². The summed E-state index contributed by atoms with van der Waals surface area (Å²) in [6.45, 7) is 8.70. The van der Waals surface area contributed by atoms with Gasteiger partial charge in [-0.3, -0.25) is 0 Å². The fourth-order valence-corrected chi connectivity index (χ4v) is 2.12. The molecule has 0 aliphatic rings. The van der Waals surface area contributed by atoms with Crippen molar-refractivity contribution in [3.8, 4) is 11.5 Å². The molecule has 1 atom stereocenters. The summed E-state index contributed by atoms with van der Waals surface area (Å²) in [6.07, 6.45) is 4.95. The molecule has 0 bridgehead atoms. The standard InChI is InChI=1S/C14H22N4/c1-6-10(4)11-7-15-13(17-11)12-8-16-14(9(2)3)18(12)5/h7-10H,6H2,1-5H3,(H,15,17). The van der Waals surface area contributed by atoms with E-state index in [0.29, 0.717) is 11.8 Å². The summed E-state index contributed by atoms with van der Waals surface area (Å²) in [4.78, 5) is 12.3. The first-order valence-corrected chi connectivity index (χ1v) is 6.61. The van der Waals surface area contributed by atoms with Crippen molar-refractivity contribution in [2.24, 2.45) is 7.05 Å². The fourth-order valence-electron chi connectivity index (χ4n) is 2.12. The van der Waals surface area contributed by atoms with E-state index in [0.717, 1.165) is 23.8 Å². The number of nitrogens with zero attached hydrogens (tertiary/aromatic N) is 3. The number of imidazole rings is 2. The Labute approximate surface area is 108 Å². The van der Waals surface area contributed by atoms with Crippen LogP contribution in [0, 0.1) is 0 Å². The Balaban J connectivity index is 2.35. The van der Waals surface area contributed by atoms with Gasteiger partial charge in [0.25, 0.3) is 0 Å². The number of aromatic nitrogens is 4. The van der Waals surface area contributed by atoms with Crippen LogP contribution >= 0.6 is 0 Å². The van der Waals surface area contributed by atoms with Crippen molar-refractivity contribution in [1.29, 1.82) is 0 Å². The monoisotopic (exact) mass is 246 g/mol. The minimum atomic E-state index is 0.424.